The summed E-state index contributed by atoms with van der Waals surface area (Å²) >= 11 is 6.35. The first kappa shape index (κ1) is 27.0. The number of esters is 1. The molecule has 198 valence electrons. The van der Waals surface area contributed by atoms with Gasteiger partial charge in [-0.15, -0.1) is 11.6 Å². The summed E-state index contributed by atoms with van der Waals surface area (Å²) in [6.45, 7) is 0. The number of carbonyl (C=O) groups excluding carboxylic acids is 2. The van der Waals surface area contributed by atoms with E-state index in [1.807, 2.05) is 0 Å². The Hall–Kier alpha value is -2.08. The van der Waals surface area contributed by atoms with Gasteiger partial charge in [-0.05, 0) is 83.0 Å². The van der Waals surface area contributed by atoms with E-state index < -0.39 is 5.97 Å². The van der Waals surface area contributed by atoms with Crippen LogP contribution in [0, 0.1) is 5.92 Å². The SMILES string of the molecule is O=C(O)CCC(=O)N[C@@H](CC(=O)O[C@@H]1CCC2=C(CCC2)C1)CC1=CCC(C2=CC(Cl)CCC2)CC1. The number of alkyl halides is 1. The zero-order valence-corrected chi connectivity index (χ0v) is 22.0. The maximum Gasteiger partial charge on any atom is 0.308 e. The zero-order valence-electron chi connectivity index (χ0n) is 21.2. The standard InChI is InChI=1S/C29H40ClNO5/c30-24-6-2-5-22(16-24)21-9-7-19(8-10-21)15-25(31-27(32)13-14-28(33)34)18-29(35)36-26-12-11-20-3-1-4-23(20)17-26/h7,16,21,24-26H,1-6,8-15,17-18H2,(H,31,32)(H,33,34)/t21?,24?,25-,26-/m1/s1. The third-order valence-corrected chi connectivity index (χ3v) is 8.56. The van der Waals surface area contributed by atoms with Crippen LogP contribution in [0.4, 0.5) is 0 Å². The summed E-state index contributed by atoms with van der Waals surface area (Å²) in [5.41, 5.74) is 5.78. The third-order valence-electron chi connectivity index (χ3n) is 8.22. The number of carboxylic acids is 1. The van der Waals surface area contributed by atoms with Crippen molar-refractivity contribution in [1.29, 1.82) is 0 Å². The van der Waals surface area contributed by atoms with Crippen LogP contribution in [0.5, 0.6) is 0 Å². The Labute approximate surface area is 219 Å². The van der Waals surface area contributed by atoms with Gasteiger partial charge in [0.1, 0.15) is 6.10 Å². The molecule has 7 heteroatoms. The van der Waals surface area contributed by atoms with Crippen LogP contribution in [0.2, 0.25) is 0 Å². The van der Waals surface area contributed by atoms with E-state index in [4.69, 9.17) is 21.4 Å². The average molecular weight is 518 g/mol. The number of rotatable bonds is 10. The number of ether oxygens (including phenoxy) is 1. The molecule has 0 radical (unpaired) electrons. The molecule has 0 heterocycles. The molecule has 1 amide bonds. The van der Waals surface area contributed by atoms with Crippen molar-refractivity contribution in [3.63, 3.8) is 0 Å². The predicted molar refractivity (Wildman–Crippen MR) is 140 cm³/mol. The van der Waals surface area contributed by atoms with Crippen LogP contribution in [-0.2, 0) is 19.1 Å². The second kappa shape index (κ2) is 12.9. The monoisotopic (exact) mass is 517 g/mol. The molecular weight excluding hydrogens is 478 g/mol. The van der Waals surface area contributed by atoms with Gasteiger partial charge in [0, 0.05) is 18.9 Å². The van der Waals surface area contributed by atoms with Gasteiger partial charge >= 0.3 is 11.9 Å². The van der Waals surface area contributed by atoms with Gasteiger partial charge in [0.15, 0.2) is 0 Å². The van der Waals surface area contributed by atoms with Gasteiger partial charge in [-0.3, -0.25) is 14.4 Å². The lowest BCUT2D eigenvalue weighted by Gasteiger charge is -2.29. The van der Waals surface area contributed by atoms with Gasteiger partial charge in [0.05, 0.1) is 18.2 Å². The first-order valence-corrected chi connectivity index (χ1v) is 14.2. The Morgan fingerprint density at radius 1 is 1.03 bits per heavy atom. The van der Waals surface area contributed by atoms with Crippen LogP contribution in [0.1, 0.15) is 103 Å². The van der Waals surface area contributed by atoms with Gasteiger partial charge in [-0.25, -0.2) is 0 Å². The number of hydrogen-bond acceptors (Lipinski definition) is 4. The van der Waals surface area contributed by atoms with E-state index >= 15 is 0 Å². The Balaban J connectivity index is 1.33. The molecule has 4 atom stereocenters. The highest BCUT2D eigenvalue weighted by atomic mass is 35.5. The maximum atomic E-state index is 12.9. The zero-order chi connectivity index (χ0) is 25.5. The van der Waals surface area contributed by atoms with E-state index in [0.29, 0.717) is 12.3 Å². The number of carboxylic acid groups (broad SMARTS) is 1. The Morgan fingerprint density at radius 3 is 2.61 bits per heavy atom. The molecule has 4 aliphatic rings. The van der Waals surface area contributed by atoms with E-state index in [1.54, 1.807) is 5.57 Å². The number of aliphatic carboxylic acids is 1. The lowest BCUT2D eigenvalue weighted by atomic mass is 9.79. The fraction of sp³-hybridized carbons (Fsp3) is 0.690. The number of amides is 1. The first-order chi connectivity index (χ1) is 17.4. The molecule has 0 fully saturated rings. The van der Waals surface area contributed by atoms with Crippen molar-refractivity contribution >= 4 is 29.4 Å². The minimum atomic E-state index is -1.00. The Bertz CT molecular complexity index is 936. The van der Waals surface area contributed by atoms with E-state index in [2.05, 4.69) is 17.5 Å². The summed E-state index contributed by atoms with van der Waals surface area (Å²) in [6.07, 6.45) is 17.4. The number of hydrogen-bond donors (Lipinski definition) is 2. The van der Waals surface area contributed by atoms with Crippen molar-refractivity contribution < 1.29 is 24.2 Å². The van der Waals surface area contributed by atoms with Crippen molar-refractivity contribution in [3.05, 3.63) is 34.4 Å². The van der Waals surface area contributed by atoms with Crippen LogP contribution in [0.3, 0.4) is 0 Å². The summed E-state index contributed by atoms with van der Waals surface area (Å²) in [4.78, 5) is 36.2. The fourth-order valence-corrected chi connectivity index (χ4v) is 6.64. The number of halogens is 1. The highest BCUT2D eigenvalue weighted by Crippen LogP contribution is 2.38. The van der Waals surface area contributed by atoms with Crippen LogP contribution in [-0.4, -0.2) is 40.5 Å². The summed E-state index contributed by atoms with van der Waals surface area (Å²) in [7, 11) is 0. The Kier molecular flexibility index (Phi) is 9.69. The molecule has 0 spiro atoms. The second-order valence-corrected chi connectivity index (χ2v) is 11.5. The minimum Gasteiger partial charge on any atom is -0.481 e. The van der Waals surface area contributed by atoms with Crippen molar-refractivity contribution in [2.24, 2.45) is 5.92 Å². The molecule has 0 aromatic heterocycles. The van der Waals surface area contributed by atoms with Crippen molar-refractivity contribution in [3.8, 4) is 0 Å². The molecule has 36 heavy (non-hydrogen) atoms. The first-order valence-electron chi connectivity index (χ1n) is 13.8. The highest BCUT2D eigenvalue weighted by Gasteiger charge is 2.28. The van der Waals surface area contributed by atoms with Crippen molar-refractivity contribution in [2.75, 3.05) is 0 Å². The van der Waals surface area contributed by atoms with Crippen LogP contribution < -0.4 is 5.32 Å². The summed E-state index contributed by atoms with van der Waals surface area (Å²) in [6, 6.07) is -0.382. The van der Waals surface area contributed by atoms with E-state index in [-0.39, 0.29) is 48.7 Å². The molecule has 0 aromatic rings. The smallest absolute Gasteiger partial charge is 0.308 e. The summed E-state index contributed by atoms with van der Waals surface area (Å²) in [5, 5.41) is 12.0. The normalized spacial score (nSPS) is 27.0. The second-order valence-electron chi connectivity index (χ2n) is 11.0. The summed E-state index contributed by atoms with van der Waals surface area (Å²) < 4.78 is 5.85. The highest BCUT2D eigenvalue weighted by molar-refractivity contribution is 6.21. The molecule has 6 nitrogen and oxygen atoms in total. The molecule has 0 saturated heterocycles. The molecule has 0 bridgehead atoms. The lowest BCUT2D eigenvalue weighted by molar-refractivity contribution is -0.150. The molecule has 0 saturated carbocycles. The Morgan fingerprint density at radius 2 is 1.86 bits per heavy atom. The maximum absolute atomic E-state index is 12.9. The fourth-order valence-electron chi connectivity index (χ4n) is 6.33. The largest absolute Gasteiger partial charge is 0.481 e. The van der Waals surface area contributed by atoms with Crippen LogP contribution in [0.25, 0.3) is 0 Å². The molecule has 2 N–H and O–H groups in total. The number of nitrogens with one attached hydrogen (secondary N) is 1. The van der Waals surface area contributed by atoms with Gasteiger partial charge in [0.25, 0.3) is 0 Å². The van der Waals surface area contributed by atoms with Crippen LogP contribution in [0.15, 0.2) is 34.4 Å². The molecule has 4 aliphatic carbocycles. The van der Waals surface area contributed by atoms with Gasteiger partial charge in [-0.1, -0.05) is 34.4 Å². The molecular formula is C29H40ClNO5. The van der Waals surface area contributed by atoms with Gasteiger partial charge in [0.2, 0.25) is 5.91 Å². The average Bonchev–Trinajstić information content (AvgIpc) is 3.31. The lowest BCUT2D eigenvalue weighted by Crippen LogP contribution is -2.38. The van der Waals surface area contributed by atoms with Gasteiger partial charge < -0.3 is 15.2 Å². The molecule has 2 unspecified atom stereocenters. The van der Waals surface area contributed by atoms with Crippen molar-refractivity contribution in [1.82, 2.24) is 5.32 Å². The molecule has 4 rings (SSSR count). The number of carbonyl (C=O) groups is 3. The topological polar surface area (TPSA) is 92.7 Å². The minimum absolute atomic E-state index is 0.0677. The van der Waals surface area contributed by atoms with E-state index in [1.165, 1.54) is 29.6 Å². The molecule has 0 aliphatic heterocycles. The quantitative estimate of drug-likeness (QED) is 0.206. The van der Waals surface area contributed by atoms with E-state index in [9.17, 15) is 14.4 Å². The predicted octanol–water partition coefficient (Wildman–Crippen LogP) is 6.14. The van der Waals surface area contributed by atoms with Gasteiger partial charge in [-0.2, -0.15) is 0 Å². The number of allylic oxidation sites excluding steroid dienone is 4. The third kappa shape index (κ3) is 7.96. The molecule has 0 aromatic carbocycles. The van der Waals surface area contributed by atoms with E-state index in [0.717, 1.165) is 64.2 Å². The summed E-state index contributed by atoms with van der Waals surface area (Å²) in [5.74, 6) is -1.08. The van der Waals surface area contributed by atoms with Crippen LogP contribution >= 0.6 is 11.6 Å². The van der Waals surface area contributed by atoms with Crippen molar-refractivity contribution in [2.45, 2.75) is 120 Å².